The van der Waals surface area contributed by atoms with Crippen LogP contribution in [0, 0.1) is 20.8 Å². The third-order valence-electron chi connectivity index (χ3n) is 8.41. The number of para-hydroxylation sites is 2. The monoisotopic (exact) mass is 610 g/mol. The van der Waals surface area contributed by atoms with Gasteiger partial charge in [0.15, 0.2) is 0 Å². The van der Waals surface area contributed by atoms with E-state index in [-0.39, 0.29) is 19.9 Å². The summed E-state index contributed by atoms with van der Waals surface area (Å²) in [5.74, 6) is 0.594. The Morgan fingerprint density at radius 3 is 2.10 bits per heavy atom. The van der Waals surface area contributed by atoms with Gasteiger partial charge in [-0.2, -0.15) is 0 Å². The summed E-state index contributed by atoms with van der Waals surface area (Å²) >= 11 is 0.0514. The van der Waals surface area contributed by atoms with Crippen LogP contribution in [0.1, 0.15) is 16.7 Å². The number of fused-ring (bicyclic) bond motifs is 5. The van der Waals surface area contributed by atoms with Crippen molar-refractivity contribution in [3.63, 3.8) is 0 Å². The number of benzene rings is 5. The molecule has 42 heavy (non-hydrogen) atoms. The summed E-state index contributed by atoms with van der Waals surface area (Å²) < 4.78 is 10.5. The van der Waals surface area contributed by atoms with E-state index in [2.05, 4.69) is 97.1 Å². The van der Waals surface area contributed by atoms with Crippen molar-refractivity contribution >= 4 is 55.6 Å². The third-order valence-corrected chi connectivity index (χ3v) is 10.8. The van der Waals surface area contributed by atoms with Crippen molar-refractivity contribution in [1.29, 1.82) is 0 Å². The summed E-state index contributed by atoms with van der Waals surface area (Å²) in [6.07, 6.45) is 3.32. The zero-order valence-electron chi connectivity index (χ0n) is 23.4. The van der Waals surface area contributed by atoms with Crippen LogP contribution in [0.25, 0.3) is 69.4 Å². The molecule has 0 radical (unpaired) electrons. The second kappa shape index (κ2) is 9.42. The van der Waals surface area contributed by atoms with Crippen LogP contribution in [0.15, 0.2) is 113 Å². The van der Waals surface area contributed by atoms with E-state index in [1.165, 1.54) is 32.9 Å². The van der Waals surface area contributed by atoms with Crippen LogP contribution in [0.3, 0.4) is 0 Å². The molecule has 202 valence electrons. The molecule has 8 rings (SSSR count). The van der Waals surface area contributed by atoms with Crippen molar-refractivity contribution in [2.24, 2.45) is 0 Å². The van der Waals surface area contributed by atoms with E-state index in [1.54, 1.807) is 12.5 Å². The van der Waals surface area contributed by atoms with Crippen molar-refractivity contribution in [3.05, 3.63) is 130 Å². The number of hydrogen-bond acceptors (Lipinski definition) is 3. The summed E-state index contributed by atoms with van der Waals surface area (Å²) in [6, 6.07) is 31.8. The summed E-state index contributed by atoms with van der Waals surface area (Å²) in [5.41, 5.74) is 10.2. The molecule has 5 aromatic carbocycles. The maximum atomic E-state index is 13.3. The number of rotatable bonds is 3. The van der Waals surface area contributed by atoms with Crippen molar-refractivity contribution in [3.8, 4) is 28.3 Å². The van der Waals surface area contributed by atoms with E-state index in [4.69, 9.17) is 4.42 Å². The molecule has 0 spiro atoms. The standard InChI is InChI=1S/C37H26N2O2Se/c1-21-8-6-11-26-27-12-7-9-22(2)35(27)39(34(21)26)31-19-25(18-30(23(31)3)37-38-16-17-41-37)24-14-15-29-33(20-24)42-32-13-5-4-10-28(32)36(29)40/h4-20H,1-3H3. The molecule has 4 nitrogen and oxygen atoms in total. The molecular weight excluding hydrogens is 583 g/mol. The van der Waals surface area contributed by atoms with Gasteiger partial charge in [-0.25, -0.2) is 0 Å². The molecule has 0 amide bonds. The minimum absolute atomic E-state index is 0.0514. The van der Waals surface area contributed by atoms with Crippen molar-refractivity contribution < 1.29 is 4.42 Å². The van der Waals surface area contributed by atoms with Crippen molar-refractivity contribution in [1.82, 2.24) is 9.55 Å². The Hall–Kier alpha value is -4.70. The van der Waals surface area contributed by atoms with Gasteiger partial charge in [0.05, 0.1) is 0 Å². The quantitative estimate of drug-likeness (QED) is 0.149. The number of hydrogen-bond donors (Lipinski definition) is 0. The zero-order valence-corrected chi connectivity index (χ0v) is 25.1. The van der Waals surface area contributed by atoms with Gasteiger partial charge in [-0.3, -0.25) is 0 Å². The van der Waals surface area contributed by atoms with Crippen molar-refractivity contribution in [2.45, 2.75) is 20.8 Å². The second-order valence-corrected chi connectivity index (χ2v) is 13.2. The van der Waals surface area contributed by atoms with E-state index in [9.17, 15) is 4.79 Å². The first-order valence-corrected chi connectivity index (χ1v) is 15.7. The van der Waals surface area contributed by atoms with E-state index in [0.717, 1.165) is 47.2 Å². The summed E-state index contributed by atoms with van der Waals surface area (Å²) in [5, 5.41) is 4.12. The minimum atomic E-state index is 0.0514. The van der Waals surface area contributed by atoms with Gasteiger partial charge in [-0.15, -0.1) is 0 Å². The molecule has 0 atom stereocenters. The second-order valence-electron chi connectivity index (χ2n) is 10.9. The topological polar surface area (TPSA) is 48.0 Å². The fourth-order valence-corrected chi connectivity index (χ4v) is 8.69. The van der Waals surface area contributed by atoms with Gasteiger partial charge in [-0.1, -0.05) is 0 Å². The fourth-order valence-electron chi connectivity index (χ4n) is 6.36. The first-order valence-electron chi connectivity index (χ1n) is 14.0. The van der Waals surface area contributed by atoms with Gasteiger partial charge >= 0.3 is 249 Å². The zero-order chi connectivity index (χ0) is 28.5. The Morgan fingerprint density at radius 2 is 1.38 bits per heavy atom. The Morgan fingerprint density at radius 1 is 0.690 bits per heavy atom. The summed E-state index contributed by atoms with van der Waals surface area (Å²) in [7, 11) is 0. The Labute approximate surface area is 248 Å². The van der Waals surface area contributed by atoms with Gasteiger partial charge in [-0.05, 0) is 0 Å². The molecule has 0 bridgehead atoms. The van der Waals surface area contributed by atoms with E-state index >= 15 is 0 Å². The Kier molecular flexibility index (Phi) is 5.62. The predicted molar refractivity (Wildman–Crippen MR) is 174 cm³/mol. The average molecular weight is 610 g/mol. The Balaban J connectivity index is 1.47. The van der Waals surface area contributed by atoms with Gasteiger partial charge in [0, 0.05) is 0 Å². The number of nitrogens with zero attached hydrogens (tertiary/aromatic N) is 2. The van der Waals surface area contributed by atoms with E-state index in [0.29, 0.717) is 5.89 Å². The van der Waals surface area contributed by atoms with Gasteiger partial charge < -0.3 is 0 Å². The van der Waals surface area contributed by atoms with Crippen LogP contribution < -0.4 is 5.43 Å². The van der Waals surface area contributed by atoms with Crippen LogP contribution in [-0.4, -0.2) is 24.1 Å². The normalized spacial score (nSPS) is 11.8. The van der Waals surface area contributed by atoms with Crippen LogP contribution in [0.4, 0.5) is 0 Å². The summed E-state index contributed by atoms with van der Waals surface area (Å²) in [4.78, 5) is 17.9. The molecule has 5 heteroatoms. The molecule has 0 saturated carbocycles. The van der Waals surface area contributed by atoms with Crippen LogP contribution in [0.2, 0.25) is 0 Å². The first kappa shape index (κ1) is 25.0. The number of aromatic nitrogens is 2. The molecule has 0 N–H and O–H groups in total. The molecule has 0 unspecified atom stereocenters. The molecule has 3 aromatic heterocycles. The van der Waals surface area contributed by atoms with E-state index < -0.39 is 0 Å². The molecule has 3 heterocycles. The average Bonchev–Trinajstić information content (AvgIpc) is 3.66. The van der Waals surface area contributed by atoms with Crippen LogP contribution >= 0.6 is 0 Å². The fraction of sp³-hybridized carbons (Fsp3) is 0.0811. The third kappa shape index (κ3) is 3.68. The van der Waals surface area contributed by atoms with E-state index in [1.807, 2.05) is 24.3 Å². The van der Waals surface area contributed by atoms with Crippen LogP contribution in [0.5, 0.6) is 0 Å². The number of oxazole rings is 1. The maximum absolute atomic E-state index is 13.3. The SMILES string of the molecule is Cc1c(-c2ncco2)cc(-c2ccc3c(=O)c4ccccc4[se]c3c2)cc1-n1c2c(C)cccc2c2cccc(C)c21. The van der Waals surface area contributed by atoms with Crippen LogP contribution in [-0.2, 0) is 0 Å². The van der Waals surface area contributed by atoms with Gasteiger partial charge in [0.25, 0.3) is 0 Å². The molecule has 8 aromatic rings. The van der Waals surface area contributed by atoms with Gasteiger partial charge in [0.2, 0.25) is 0 Å². The molecule has 0 aliphatic carbocycles. The predicted octanol–water partition coefficient (Wildman–Crippen LogP) is 8.75. The Bertz CT molecular complexity index is 2350. The molecular formula is C37H26N2O2Se. The molecule has 0 aliphatic heterocycles. The first-order chi connectivity index (χ1) is 20.5. The summed E-state index contributed by atoms with van der Waals surface area (Å²) in [6.45, 7) is 6.52. The molecule has 0 fully saturated rings. The molecule has 0 aliphatic rings. The molecule has 0 saturated heterocycles. The number of aryl methyl sites for hydroxylation is 2. The van der Waals surface area contributed by atoms with Gasteiger partial charge in [0.1, 0.15) is 0 Å². The van der Waals surface area contributed by atoms with Crippen molar-refractivity contribution in [2.75, 3.05) is 0 Å².